The molecule has 0 saturated heterocycles. The van der Waals surface area contributed by atoms with E-state index >= 15 is 0 Å². The Morgan fingerprint density at radius 2 is 1.74 bits per heavy atom. The highest BCUT2D eigenvalue weighted by Crippen LogP contribution is 2.32. The van der Waals surface area contributed by atoms with Crippen molar-refractivity contribution in [2.24, 2.45) is 0 Å². The van der Waals surface area contributed by atoms with Crippen LogP contribution in [0.15, 0.2) is 120 Å². The van der Waals surface area contributed by atoms with Gasteiger partial charge in [0.1, 0.15) is 11.5 Å². The average molecular weight is 552 g/mol. The molecule has 0 spiro atoms. The number of benzene rings is 2. The van der Waals surface area contributed by atoms with E-state index in [1.165, 1.54) is 49.9 Å². The van der Waals surface area contributed by atoms with E-state index in [4.69, 9.17) is 4.74 Å². The quantitative estimate of drug-likeness (QED) is 0.225. The highest BCUT2D eigenvalue weighted by molar-refractivity contribution is 6.86. The van der Waals surface area contributed by atoms with Crippen molar-refractivity contribution < 1.29 is 4.74 Å². The van der Waals surface area contributed by atoms with Crippen LogP contribution in [-0.2, 0) is 6.42 Å². The van der Waals surface area contributed by atoms with Crippen LogP contribution in [0.4, 0.5) is 0 Å². The van der Waals surface area contributed by atoms with Gasteiger partial charge < -0.3 is 4.74 Å². The number of nitrogens with zero attached hydrogens (tertiary/aromatic N) is 1. The molecule has 2 aliphatic carbocycles. The van der Waals surface area contributed by atoms with Crippen molar-refractivity contribution in [3.63, 3.8) is 0 Å². The number of allylic oxidation sites excluding steroid dienone is 11. The van der Waals surface area contributed by atoms with Gasteiger partial charge in [0.25, 0.3) is 0 Å². The first-order valence-corrected chi connectivity index (χ1v) is 15.6. The van der Waals surface area contributed by atoms with Crippen molar-refractivity contribution in [2.45, 2.75) is 66.6 Å². The Morgan fingerprint density at radius 3 is 2.48 bits per heavy atom. The van der Waals surface area contributed by atoms with Gasteiger partial charge in [0, 0.05) is 6.20 Å². The molecule has 3 aromatic rings. The summed E-state index contributed by atoms with van der Waals surface area (Å²) in [7, 11) is 0. The Balaban J connectivity index is 0.00000173. The summed E-state index contributed by atoms with van der Waals surface area (Å²) in [6.45, 7) is 10.8. The summed E-state index contributed by atoms with van der Waals surface area (Å²) in [5, 5.41) is 0. The molecule has 0 amide bonds. The van der Waals surface area contributed by atoms with Gasteiger partial charge in [0.15, 0.2) is 0 Å². The van der Waals surface area contributed by atoms with Crippen LogP contribution in [-0.4, -0.2) is 11.7 Å². The van der Waals surface area contributed by atoms with Crippen LogP contribution in [0.3, 0.4) is 0 Å². The molecule has 3 aliphatic rings. The lowest BCUT2D eigenvalue weighted by molar-refractivity contribution is 0.441. The summed E-state index contributed by atoms with van der Waals surface area (Å²) in [6.07, 6.45) is 22.4. The van der Waals surface area contributed by atoms with Crippen LogP contribution in [0.2, 0.25) is 6.82 Å². The highest BCUT2D eigenvalue weighted by atomic mass is 16.5. The van der Waals surface area contributed by atoms with E-state index in [1.54, 1.807) is 0 Å². The maximum Gasteiger partial charge on any atom is 0.211 e. The van der Waals surface area contributed by atoms with Gasteiger partial charge in [0.05, 0.1) is 5.69 Å². The molecule has 0 saturated carbocycles. The van der Waals surface area contributed by atoms with Crippen molar-refractivity contribution in [1.82, 2.24) is 4.98 Å². The maximum absolute atomic E-state index is 6.62. The van der Waals surface area contributed by atoms with Gasteiger partial charge in [-0.1, -0.05) is 92.9 Å². The molecule has 1 aliphatic heterocycles. The Labute approximate surface area is 253 Å². The summed E-state index contributed by atoms with van der Waals surface area (Å²) in [6, 6.07) is 19.8. The minimum absolute atomic E-state index is 0.279. The largest absolute Gasteiger partial charge is 0.458 e. The molecule has 6 rings (SSSR count). The smallest absolute Gasteiger partial charge is 0.211 e. The fourth-order valence-electron chi connectivity index (χ4n) is 6.38. The number of aromatic nitrogens is 1. The molecule has 0 fully saturated rings. The molecule has 0 radical (unpaired) electrons. The minimum Gasteiger partial charge on any atom is -0.458 e. The van der Waals surface area contributed by atoms with E-state index in [0.29, 0.717) is 0 Å². The van der Waals surface area contributed by atoms with Crippen molar-refractivity contribution in [3.05, 3.63) is 143 Å². The van der Waals surface area contributed by atoms with Crippen LogP contribution in [0.25, 0.3) is 11.1 Å². The molecule has 0 bridgehead atoms. The standard InChI is InChI=1S/C37H36BNO.C2H6/c1-4-10-26(5-2)29-11-8-13-33(25-29)40-36-15-9-12-31-24-32-23-30(20-21-34(32)38(3)37(31)36)27-16-18-28(19-17-27)35-14-6-7-22-39-35;1-2/h4-7,9-10,12-16,18,20-23,25H,8,11,17,19,24H2,1-3H3;1-2H3/b10-4-,26-5+;. The Kier molecular flexibility index (Phi) is 9.59. The number of pyridine rings is 1. The summed E-state index contributed by atoms with van der Waals surface area (Å²) in [5.41, 5.74) is 13.3. The molecule has 3 heteroatoms. The molecule has 1 aromatic heterocycles. The zero-order valence-corrected chi connectivity index (χ0v) is 25.8. The second-order valence-electron chi connectivity index (χ2n) is 10.9. The summed E-state index contributed by atoms with van der Waals surface area (Å²) in [5.74, 6) is 1.94. The Morgan fingerprint density at radius 1 is 0.905 bits per heavy atom. The lowest BCUT2D eigenvalue weighted by atomic mass is 9.38. The Hall–Kier alpha value is -4.11. The van der Waals surface area contributed by atoms with E-state index in [2.05, 4.69) is 117 Å². The first kappa shape index (κ1) is 29.4. The van der Waals surface area contributed by atoms with E-state index in [0.717, 1.165) is 49.3 Å². The van der Waals surface area contributed by atoms with Gasteiger partial charge in [-0.15, -0.1) is 0 Å². The van der Waals surface area contributed by atoms with E-state index in [1.807, 2.05) is 26.1 Å². The normalized spacial score (nSPS) is 16.3. The van der Waals surface area contributed by atoms with Crippen molar-refractivity contribution in [3.8, 4) is 5.75 Å². The zero-order valence-electron chi connectivity index (χ0n) is 25.8. The van der Waals surface area contributed by atoms with Gasteiger partial charge in [-0.05, 0) is 121 Å². The third kappa shape index (κ3) is 6.21. The number of rotatable bonds is 6. The second kappa shape index (κ2) is 13.7. The van der Waals surface area contributed by atoms with Crippen LogP contribution in [0.5, 0.6) is 5.75 Å². The highest BCUT2D eigenvalue weighted by Gasteiger charge is 2.29. The van der Waals surface area contributed by atoms with Crippen LogP contribution >= 0.6 is 0 Å². The first-order chi connectivity index (χ1) is 20.6. The lowest BCUT2D eigenvalue weighted by Crippen LogP contribution is -2.47. The molecular weight excluding hydrogens is 509 g/mol. The minimum atomic E-state index is 0.279. The first-order valence-electron chi connectivity index (χ1n) is 15.6. The SMILES string of the molecule is C/C=C\C(=C/C)C1=CC(Oc2cccc3c2B(C)c2ccc(C4=CC=C(c5ccccn5)CC4)cc2C3)=CCC1.CC. The third-order valence-corrected chi connectivity index (χ3v) is 8.43. The summed E-state index contributed by atoms with van der Waals surface area (Å²) < 4.78 is 6.62. The predicted octanol–water partition coefficient (Wildman–Crippen LogP) is 9.02. The van der Waals surface area contributed by atoms with E-state index in [9.17, 15) is 0 Å². The monoisotopic (exact) mass is 551 g/mol. The number of hydrogen-bond donors (Lipinski definition) is 0. The van der Waals surface area contributed by atoms with Gasteiger partial charge >= 0.3 is 0 Å². The van der Waals surface area contributed by atoms with E-state index in [-0.39, 0.29) is 6.71 Å². The summed E-state index contributed by atoms with van der Waals surface area (Å²) >= 11 is 0. The van der Waals surface area contributed by atoms with Crippen LogP contribution in [0.1, 0.15) is 75.8 Å². The van der Waals surface area contributed by atoms with Gasteiger partial charge in [-0.3, -0.25) is 4.98 Å². The van der Waals surface area contributed by atoms with E-state index < -0.39 is 0 Å². The Bertz CT molecular complexity index is 1620. The third-order valence-electron chi connectivity index (χ3n) is 8.43. The zero-order chi connectivity index (χ0) is 29.5. The number of ether oxygens (including phenoxy) is 1. The molecule has 42 heavy (non-hydrogen) atoms. The van der Waals surface area contributed by atoms with Gasteiger partial charge in [0.2, 0.25) is 6.71 Å². The lowest BCUT2D eigenvalue weighted by Gasteiger charge is -2.28. The molecule has 0 unspecified atom stereocenters. The van der Waals surface area contributed by atoms with Crippen LogP contribution in [0, 0.1) is 0 Å². The average Bonchev–Trinajstić information content (AvgIpc) is 3.05. The molecule has 212 valence electrons. The van der Waals surface area contributed by atoms with Gasteiger partial charge in [-0.2, -0.15) is 0 Å². The van der Waals surface area contributed by atoms with Crippen LogP contribution < -0.4 is 15.7 Å². The van der Waals surface area contributed by atoms with Gasteiger partial charge in [-0.25, -0.2) is 0 Å². The molecule has 2 aromatic carbocycles. The summed E-state index contributed by atoms with van der Waals surface area (Å²) in [4.78, 5) is 4.53. The molecule has 2 nitrogen and oxygen atoms in total. The van der Waals surface area contributed by atoms with Crippen molar-refractivity contribution >= 4 is 28.8 Å². The second-order valence-corrected chi connectivity index (χ2v) is 10.9. The van der Waals surface area contributed by atoms with Crippen molar-refractivity contribution in [2.75, 3.05) is 0 Å². The molecular formula is C39H42BNO. The molecule has 2 heterocycles. The topological polar surface area (TPSA) is 22.1 Å². The fraction of sp³-hybridized carbons (Fsp3) is 0.256. The predicted molar refractivity (Wildman–Crippen MR) is 182 cm³/mol. The molecule has 0 atom stereocenters. The maximum atomic E-state index is 6.62. The number of fused-ring (bicyclic) bond motifs is 2. The van der Waals surface area contributed by atoms with Crippen molar-refractivity contribution in [1.29, 1.82) is 0 Å². The number of hydrogen-bond acceptors (Lipinski definition) is 2. The molecule has 0 N–H and O–H groups in total. The fourth-order valence-corrected chi connectivity index (χ4v) is 6.38.